The van der Waals surface area contributed by atoms with Crippen LogP contribution in [0.2, 0.25) is 0 Å². The van der Waals surface area contributed by atoms with Crippen molar-refractivity contribution in [2.45, 2.75) is 25.1 Å². The van der Waals surface area contributed by atoms with E-state index in [1.54, 1.807) is 12.0 Å². The quantitative estimate of drug-likeness (QED) is 0.672. The molecule has 1 atom stereocenters. The zero-order chi connectivity index (χ0) is 12.6. The molecule has 0 N–H and O–H groups in total. The second kappa shape index (κ2) is 8.54. The molecule has 0 aliphatic rings. The average molecular weight is 291 g/mol. The van der Waals surface area contributed by atoms with Crippen LogP contribution in [0.15, 0.2) is 0 Å². The number of hydrogen-bond donors (Lipinski definition) is 0. The SMILES string of the molecule is COCCN(CCC#N)C(=O)C(Br)C(C)C. The first-order valence-corrected chi connectivity index (χ1v) is 6.24. The van der Waals surface area contributed by atoms with Crippen molar-refractivity contribution in [3.8, 4) is 6.07 Å². The van der Waals surface area contributed by atoms with Gasteiger partial charge in [-0.25, -0.2) is 0 Å². The summed E-state index contributed by atoms with van der Waals surface area (Å²) in [5, 5.41) is 8.54. The molecule has 0 aliphatic carbocycles. The first kappa shape index (κ1) is 15.4. The summed E-state index contributed by atoms with van der Waals surface area (Å²) in [6.07, 6.45) is 0.354. The lowest BCUT2D eigenvalue weighted by Crippen LogP contribution is -2.41. The number of halogens is 1. The topological polar surface area (TPSA) is 53.3 Å². The van der Waals surface area contributed by atoms with E-state index in [1.807, 2.05) is 19.9 Å². The van der Waals surface area contributed by atoms with Gasteiger partial charge >= 0.3 is 0 Å². The van der Waals surface area contributed by atoms with Gasteiger partial charge in [0.25, 0.3) is 0 Å². The van der Waals surface area contributed by atoms with Gasteiger partial charge < -0.3 is 9.64 Å². The molecule has 0 fully saturated rings. The van der Waals surface area contributed by atoms with Crippen LogP contribution >= 0.6 is 15.9 Å². The Morgan fingerprint density at radius 3 is 2.56 bits per heavy atom. The zero-order valence-electron chi connectivity index (χ0n) is 10.1. The molecule has 0 aromatic rings. The van der Waals surface area contributed by atoms with Gasteiger partial charge in [0.1, 0.15) is 0 Å². The van der Waals surface area contributed by atoms with E-state index in [0.717, 1.165) is 0 Å². The zero-order valence-corrected chi connectivity index (χ0v) is 11.7. The van der Waals surface area contributed by atoms with Crippen LogP contribution in [0.25, 0.3) is 0 Å². The molecule has 0 bridgehead atoms. The van der Waals surface area contributed by atoms with E-state index in [9.17, 15) is 4.79 Å². The number of ether oxygens (including phenoxy) is 1. The first-order valence-electron chi connectivity index (χ1n) is 5.33. The van der Waals surface area contributed by atoms with Gasteiger partial charge in [-0.1, -0.05) is 29.8 Å². The van der Waals surface area contributed by atoms with Crippen molar-refractivity contribution < 1.29 is 9.53 Å². The molecule has 16 heavy (non-hydrogen) atoms. The van der Waals surface area contributed by atoms with Gasteiger partial charge in [0.15, 0.2) is 0 Å². The van der Waals surface area contributed by atoms with Gasteiger partial charge in [-0.2, -0.15) is 5.26 Å². The van der Waals surface area contributed by atoms with Crippen molar-refractivity contribution in [3.63, 3.8) is 0 Å². The van der Waals surface area contributed by atoms with Gasteiger partial charge in [-0.3, -0.25) is 4.79 Å². The van der Waals surface area contributed by atoms with Crippen LogP contribution in [0.4, 0.5) is 0 Å². The first-order chi connectivity index (χ1) is 7.54. The maximum Gasteiger partial charge on any atom is 0.236 e. The monoisotopic (exact) mass is 290 g/mol. The van der Waals surface area contributed by atoms with Gasteiger partial charge in [0, 0.05) is 20.2 Å². The van der Waals surface area contributed by atoms with E-state index in [-0.39, 0.29) is 16.7 Å². The van der Waals surface area contributed by atoms with Crippen molar-refractivity contribution >= 4 is 21.8 Å². The third-order valence-electron chi connectivity index (χ3n) is 2.19. The highest BCUT2D eigenvalue weighted by molar-refractivity contribution is 9.10. The number of carbonyl (C=O) groups excluding carboxylic acids is 1. The molecule has 0 aromatic heterocycles. The minimum absolute atomic E-state index is 0.0299. The highest BCUT2D eigenvalue weighted by Crippen LogP contribution is 2.15. The Balaban J connectivity index is 4.36. The lowest BCUT2D eigenvalue weighted by molar-refractivity contribution is -0.131. The molecule has 0 heterocycles. The molecular weight excluding hydrogens is 272 g/mol. The fraction of sp³-hybridized carbons (Fsp3) is 0.818. The maximum atomic E-state index is 12.0. The van der Waals surface area contributed by atoms with Gasteiger partial charge in [-0.05, 0) is 5.92 Å². The minimum Gasteiger partial charge on any atom is -0.383 e. The van der Waals surface area contributed by atoms with E-state index in [2.05, 4.69) is 15.9 Å². The predicted octanol–water partition coefficient (Wildman–Crippen LogP) is 1.79. The summed E-state index contributed by atoms with van der Waals surface area (Å²) in [6.45, 7) is 5.46. The molecule has 0 aromatic carbocycles. The van der Waals surface area contributed by atoms with E-state index in [1.165, 1.54) is 0 Å². The maximum absolute atomic E-state index is 12.0. The summed E-state index contributed by atoms with van der Waals surface area (Å²) in [5.74, 6) is 0.266. The molecule has 4 nitrogen and oxygen atoms in total. The number of carbonyl (C=O) groups is 1. The summed E-state index contributed by atoms with van der Waals surface area (Å²) in [5.41, 5.74) is 0. The largest absolute Gasteiger partial charge is 0.383 e. The molecule has 5 heteroatoms. The number of methoxy groups -OCH3 is 1. The van der Waals surface area contributed by atoms with Crippen molar-refractivity contribution in [2.24, 2.45) is 5.92 Å². The Morgan fingerprint density at radius 2 is 2.12 bits per heavy atom. The summed E-state index contributed by atoms with van der Waals surface area (Å²) in [7, 11) is 1.60. The van der Waals surface area contributed by atoms with Crippen LogP contribution in [0, 0.1) is 17.2 Å². The Morgan fingerprint density at radius 1 is 1.50 bits per heavy atom. The normalized spacial score (nSPS) is 12.2. The Labute approximate surface area is 106 Å². The molecule has 1 unspecified atom stereocenters. The fourth-order valence-corrected chi connectivity index (χ4v) is 1.47. The highest BCUT2D eigenvalue weighted by Gasteiger charge is 2.23. The highest BCUT2D eigenvalue weighted by atomic mass is 79.9. The van der Waals surface area contributed by atoms with Crippen molar-refractivity contribution in [1.82, 2.24) is 4.90 Å². The van der Waals surface area contributed by atoms with E-state index >= 15 is 0 Å². The molecule has 0 saturated heterocycles. The van der Waals surface area contributed by atoms with Crippen LogP contribution in [-0.4, -0.2) is 42.4 Å². The molecule has 1 amide bonds. The summed E-state index contributed by atoms with van der Waals surface area (Å²) < 4.78 is 4.95. The second-order valence-electron chi connectivity index (χ2n) is 3.87. The molecule has 0 rings (SSSR count). The van der Waals surface area contributed by atoms with Crippen molar-refractivity contribution in [2.75, 3.05) is 26.8 Å². The number of amides is 1. The van der Waals surface area contributed by atoms with E-state index < -0.39 is 0 Å². The van der Waals surface area contributed by atoms with Crippen molar-refractivity contribution in [1.29, 1.82) is 5.26 Å². The number of hydrogen-bond acceptors (Lipinski definition) is 3. The number of rotatable bonds is 7. The molecular formula is C11H19BrN2O2. The van der Waals surface area contributed by atoms with Gasteiger partial charge in [0.05, 0.1) is 23.9 Å². The Hall–Kier alpha value is -0.600. The smallest absolute Gasteiger partial charge is 0.236 e. The molecule has 0 saturated carbocycles. The van der Waals surface area contributed by atoms with Crippen LogP contribution < -0.4 is 0 Å². The van der Waals surface area contributed by atoms with Crippen LogP contribution in [-0.2, 0) is 9.53 Å². The summed E-state index contributed by atoms with van der Waals surface area (Å²) in [4.78, 5) is 13.5. The van der Waals surface area contributed by atoms with E-state index in [0.29, 0.717) is 26.1 Å². The number of alkyl halides is 1. The molecule has 0 radical (unpaired) electrons. The second-order valence-corrected chi connectivity index (χ2v) is 4.86. The Kier molecular flexibility index (Phi) is 8.22. The molecule has 0 spiro atoms. The third kappa shape index (κ3) is 5.47. The molecule has 92 valence electrons. The fourth-order valence-electron chi connectivity index (χ4n) is 1.18. The standard InChI is InChI=1S/C11H19BrN2O2/c1-9(2)10(12)11(15)14(6-4-5-13)7-8-16-3/h9-10H,4,6-8H2,1-3H3. The minimum atomic E-state index is -0.192. The lowest BCUT2D eigenvalue weighted by atomic mass is 10.1. The summed E-state index contributed by atoms with van der Waals surface area (Å²) in [6, 6.07) is 2.05. The van der Waals surface area contributed by atoms with Crippen LogP contribution in [0.3, 0.4) is 0 Å². The van der Waals surface area contributed by atoms with Crippen LogP contribution in [0.1, 0.15) is 20.3 Å². The average Bonchev–Trinajstić information content (AvgIpc) is 2.27. The number of nitrogens with zero attached hydrogens (tertiary/aromatic N) is 2. The predicted molar refractivity (Wildman–Crippen MR) is 66.2 cm³/mol. The van der Waals surface area contributed by atoms with Gasteiger partial charge in [-0.15, -0.1) is 0 Å². The van der Waals surface area contributed by atoms with E-state index in [4.69, 9.17) is 10.00 Å². The van der Waals surface area contributed by atoms with Crippen LogP contribution in [0.5, 0.6) is 0 Å². The Bertz CT molecular complexity index is 251. The van der Waals surface area contributed by atoms with Crippen molar-refractivity contribution in [3.05, 3.63) is 0 Å². The summed E-state index contributed by atoms with van der Waals surface area (Å²) >= 11 is 3.38. The third-order valence-corrected chi connectivity index (χ3v) is 3.64. The lowest BCUT2D eigenvalue weighted by Gasteiger charge is -2.25. The van der Waals surface area contributed by atoms with Gasteiger partial charge in [0.2, 0.25) is 5.91 Å². The molecule has 0 aliphatic heterocycles. The number of nitriles is 1.